The van der Waals surface area contributed by atoms with E-state index in [1.54, 1.807) is 31.1 Å². The van der Waals surface area contributed by atoms with E-state index in [4.69, 9.17) is 9.15 Å². The van der Waals surface area contributed by atoms with Crippen molar-refractivity contribution < 1.29 is 9.15 Å². The zero-order valence-corrected chi connectivity index (χ0v) is 20.1. The lowest BCUT2D eigenvalue weighted by Gasteiger charge is -2.15. The number of rotatable bonds is 7. The smallest absolute Gasteiger partial charge is 0.138 e. The lowest BCUT2D eigenvalue weighted by molar-refractivity contribution is 0.237. The molecule has 0 bridgehead atoms. The molecular weight excluding hydrogens is 466 g/mol. The van der Waals surface area contributed by atoms with E-state index in [0.29, 0.717) is 6.61 Å². The van der Waals surface area contributed by atoms with Crippen LogP contribution in [-0.2, 0) is 0 Å². The van der Waals surface area contributed by atoms with Crippen molar-refractivity contribution >= 4 is 21.9 Å². The van der Waals surface area contributed by atoms with Gasteiger partial charge in [-0.2, -0.15) is 5.10 Å². The summed E-state index contributed by atoms with van der Waals surface area (Å²) < 4.78 is 11.3. The fraction of sp³-hybridized carbons (Fsp3) is 0.214. The average Bonchev–Trinajstić information content (AvgIpc) is 3.74. The van der Waals surface area contributed by atoms with Gasteiger partial charge in [0.05, 0.1) is 41.8 Å². The third-order valence-corrected chi connectivity index (χ3v) is 6.95. The first kappa shape index (κ1) is 21.8. The van der Waals surface area contributed by atoms with Gasteiger partial charge in [0.1, 0.15) is 23.7 Å². The lowest BCUT2D eigenvalue weighted by Crippen LogP contribution is -2.25. The summed E-state index contributed by atoms with van der Waals surface area (Å²) in [7, 11) is 0. The Bertz CT molecular complexity index is 1680. The molecule has 1 aliphatic heterocycles. The number of H-pyrrole nitrogens is 2. The second kappa shape index (κ2) is 9.18. The number of pyridine rings is 3. The Morgan fingerprint density at radius 1 is 0.973 bits per heavy atom. The molecule has 0 unspecified atom stereocenters. The molecule has 9 heteroatoms. The van der Waals surface area contributed by atoms with E-state index < -0.39 is 0 Å². The maximum atomic E-state index is 6.00. The van der Waals surface area contributed by atoms with Gasteiger partial charge in [-0.05, 0) is 61.8 Å². The Balaban J connectivity index is 1.20. The zero-order valence-electron chi connectivity index (χ0n) is 20.1. The van der Waals surface area contributed by atoms with Crippen LogP contribution in [0.2, 0.25) is 0 Å². The van der Waals surface area contributed by atoms with Crippen LogP contribution in [0.25, 0.3) is 55.7 Å². The molecule has 184 valence electrons. The molecule has 0 amide bonds. The van der Waals surface area contributed by atoms with Crippen molar-refractivity contribution in [2.75, 3.05) is 26.2 Å². The fourth-order valence-corrected chi connectivity index (χ4v) is 5.04. The minimum absolute atomic E-state index is 0.651. The van der Waals surface area contributed by atoms with Gasteiger partial charge in [-0.1, -0.05) is 0 Å². The SMILES string of the molecule is c1cc(-c2ccoc2)c2cc(-c3n[nH]c4cnc(-c5cncc(OCCN6CCCC6)c5)cc34)[nH]c2n1. The van der Waals surface area contributed by atoms with Crippen LogP contribution in [0.4, 0.5) is 0 Å². The number of furan rings is 1. The summed E-state index contributed by atoms with van der Waals surface area (Å²) in [5.41, 5.74) is 7.09. The highest BCUT2D eigenvalue weighted by molar-refractivity contribution is 6.00. The van der Waals surface area contributed by atoms with E-state index in [9.17, 15) is 0 Å². The van der Waals surface area contributed by atoms with Crippen LogP contribution in [0.15, 0.2) is 72.1 Å². The van der Waals surface area contributed by atoms with E-state index in [0.717, 1.165) is 81.1 Å². The molecule has 2 N–H and O–H groups in total. The summed E-state index contributed by atoms with van der Waals surface area (Å²) in [6.07, 6.45) is 13.1. The molecule has 0 radical (unpaired) electrons. The second-order valence-electron chi connectivity index (χ2n) is 9.31. The Kier molecular flexibility index (Phi) is 5.40. The normalized spacial score (nSPS) is 14.2. The Labute approximate surface area is 212 Å². The molecule has 0 saturated carbocycles. The molecule has 6 aromatic rings. The van der Waals surface area contributed by atoms with Gasteiger partial charge in [0.25, 0.3) is 0 Å². The van der Waals surface area contributed by atoms with Gasteiger partial charge in [0, 0.05) is 40.8 Å². The Morgan fingerprint density at radius 2 is 1.92 bits per heavy atom. The van der Waals surface area contributed by atoms with Gasteiger partial charge in [-0.25, -0.2) is 4.98 Å². The van der Waals surface area contributed by atoms with Crippen molar-refractivity contribution in [1.82, 2.24) is 35.0 Å². The summed E-state index contributed by atoms with van der Waals surface area (Å²) in [5.74, 6) is 0.750. The quantitative estimate of drug-likeness (QED) is 0.312. The van der Waals surface area contributed by atoms with Crippen LogP contribution in [0.5, 0.6) is 5.75 Å². The highest BCUT2D eigenvalue weighted by atomic mass is 16.5. The molecule has 6 aromatic heterocycles. The Hall–Kier alpha value is -4.50. The van der Waals surface area contributed by atoms with E-state index >= 15 is 0 Å². The highest BCUT2D eigenvalue weighted by Gasteiger charge is 2.16. The van der Waals surface area contributed by atoms with Gasteiger partial charge in [0.2, 0.25) is 0 Å². The Morgan fingerprint density at radius 3 is 2.81 bits per heavy atom. The summed E-state index contributed by atoms with van der Waals surface area (Å²) in [5, 5.41) is 9.67. The summed E-state index contributed by atoms with van der Waals surface area (Å²) >= 11 is 0. The minimum atomic E-state index is 0.651. The zero-order chi connectivity index (χ0) is 24.6. The van der Waals surface area contributed by atoms with Crippen LogP contribution in [-0.4, -0.2) is 61.3 Å². The highest BCUT2D eigenvalue weighted by Crippen LogP contribution is 2.34. The van der Waals surface area contributed by atoms with Crippen molar-refractivity contribution in [3.05, 3.63) is 67.6 Å². The summed E-state index contributed by atoms with van der Waals surface area (Å²) in [6, 6.07) is 10.0. The van der Waals surface area contributed by atoms with E-state index in [-0.39, 0.29) is 0 Å². The molecule has 7 rings (SSSR count). The lowest BCUT2D eigenvalue weighted by atomic mass is 10.1. The number of hydrogen-bond donors (Lipinski definition) is 2. The van der Waals surface area contributed by atoms with Crippen LogP contribution in [0.3, 0.4) is 0 Å². The number of hydrogen-bond acceptors (Lipinski definition) is 7. The number of ether oxygens (including phenoxy) is 1. The van der Waals surface area contributed by atoms with Crippen molar-refractivity contribution in [2.45, 2.75) is 12.8 Å². The largest absolute Gasteiger partial charge is 0.491 e. The van der Waals surface area contributed by atoms with Crippen molar-refractivity contribution in [3.63, 3.8) is 0 Å². The number of fused-ring (bicyclic) bond motifs is 2. The standard InChI is InChI=1S/C28H25N7O2/c1-2-7-35(6-1)8-10-37-20-11-19(14-29-15-20)24-13-23-26(16-31-24)33-34-27(23)25-12-22-21(18-4-9-36-17-18)3-5-30-28(22)32-25/h3-5,9,11-17H,1-2,6-8,10H2,(H,30,32)(H,33,34). The van der Waals surface area contributed by atoms with Crippen LogP contribution in [0.1, 0.15) is 12.8 Å². The van der Waals surface area contributed by atoms with Crippen molar-refractivity contribution in [1.29, 1.82) is 0 Å². The van der Waals surface area contributed by atoms with Gasteiger partial charge in [-0.3, -0.25) is 20.0 Å². The van der Waals surface area contributed by atoms with E-state index in [2.05, 4.69) is 41.1 Å². The molecule has 0 aliphatic carbocycles. The van der Waals surface area contributed by atoms with Gasteiger partial charge >= 0.3 is 0 Å². The number of nitrogens with zero attached hydrogens (tertiary/aromatic N) is 5. The van der Waals surface area contributed by atoms with Crippen LogP contribution in [0, 0.1) is 0 Å². The molecule has 7 heterocycles. The number of nitrogens with one attached hydrogen (secondary N) is 2. The molecule has 9 nitrogen and oxygen atoms in total. The van der Waals surface area contributed by atoms with Crippen LogP contribution < -0.4 is 4.74 Å². The third kappa shape index (κ3) is 4.13. The molecule has 1 saturated heterocycles. The predicted octanol–water partition coefficient (Wildman–Crippen LogP) is 5.30. The molecule has 0 atom stereocenters. The number of aromatic nitrogens is 6. The van der Waals surface area contributed by atoms with E-state index in [1.165, 1.54) is 12.8 Å². The van der Waals surface area contributed by atoms with Gasteiger partial charge < -0.3 is 14.1 Å². The van der Waals surface area contributed by atoms with Gasteiger partial charge in [-0.15, -0.1) is 0 Å². The third-order valence-electron chi connectivity index (χ3n) is 6.95. The summed E-state index contributed by atoms with van der Waals surface area (Å²) in [6.45, 7) is 3.92. The summed E-state index contributed by atoms with van der Waals surface area (Å²) in [4.78, 5) is 19.4. The molecule has 0 aromatic carbocycles. The molecule has 1 fully saturated rings. The molecular formula is C28H25N7O2. The minimum Gasteiger partial charge on any atom is -0.491 e. The maximum Gasteiger partial charge on any atom is 0.138 e. The van der Waals surface area contributed by atoms with Crippen LogP contribution >= 0.6 is 0 Å². The second-order valence-corrected chi connectivity index (χ2v) is 9.31. The topological polar surface area (TPSA) is 109 Å². The maximum absolute atomic E-state index is 6.00. The molecule has 37 heavy (non-hydrogen) atoms. The monoisotopic (exact) mass is 491 g/mol. The molecule has 1 aliphatic rings. The number of likely N-dealkylation sites (tertiary alicyclic amines) is 1. The van der Waals surface area contributed by atoms with E-state index in [1.807, 2.05) is 30.5 Å². The first-order valence-electron chi connectivity index (χ1n) is 12.5. The van der Waals surface area contributed by atoms with Crippen molar-refractivity contribution in [2.24, 2.45) is 0 Å². The molecule has 0 spiro atoms. The predicted molar refractivity (Wildman–Crippen MR) is 141 cm³/mol. The van der Waals surface area contributed by atoms with Crippen molar-refractivity contribution in [3.8, 4) is 39.5 Å². The number of aromatic amines is 2. The van der Waals surface area contributed by atoms with Gasteiger partial charge in [0.15, 0.2) is 0 Å². The first-order valence-corrected chi connectivity index (χ1v) is 12.5. The first-order chi connectivity index (χ1) is 18.3. The fourth-order valence-electron chi connectivity index (χ4n) is 5.04. The average molecular weight is 492 g/mol.